The van der Waals surface area contributed by atoms with Crippen molar-refractivity contribution in [3.8, 4) is 5.75 Å². The molecule has 0 aliphatic heterocycles. The number of aliphatic carboxylic acids is 1. The van der Waals surface area contributed by atoms with Crippen LogP contribution in [0.2, 0.25) is 5.02 Å². The summed E-state index contributed by atoms with van der Waals surface area (Å²) in [7, 11) is 0. The van der Waals surface area contributed by atoms with Crippen molar-refractivity contribution in [3.63, 3.8) is 0 Å². The summed E-state index contributed by atoms with van der Waals surface area (Å²) >= 11 is 6.04. The number of carboxylic acid groups (broad SMARTS) is 1. The van der Waals surface area contributed by atoms with E-state index in [0.29, 0.717) is 42.7 Å². The molecule has 0 saturated carbocycles. The van der Waals surface area contributed by atoms with Gasteiger partial charge in [-0.2, -0.15) is 0 Å². The van der Waals surface area contributed by atoms with Crippen LogP contribution in [0.4, 0.5) is 4.39 Å². The second-order valence-electron chi connectivity index (χ2n) is 6.25. The summed E-state index contributed by atoms with van der Waals surface area (Å²) < 4.78 is 20.0. The lowest BCUT2D eigenvalue weighted by molar-refractivity contribution is -0.137. The number of carbonyl (C=O) groups excluding carboxylic acids is 1. The molecule has 1 aromatic carbocycles. The number of halogens is 2. The number of benzene rings is 1. The first-order valence-electron chi connectivity index (χ1n) is 8.40. The van der Waals surface area contributed by atoms with E-state index in [1.807, 2.05) is 6.92 Å². The van der Waals surface area contributed by atoms with Crippen molar-refractivity contribution in [2.24, 2.45) is 11.7 Å². The Balaban J connectivity index is 2.56. The molecule has 25 heavy (non-hydrogen) atoms. The molecule has 1 amide bonds. The first-order chi connectivity index (χ1) is 11.8. The predicted molar refractivity (Wildman–Crippen MR) is 94.3 cm³/mol. The Morgan fingerprint density at radius 2 is 2.00 bits per heavy atom. The van der Waals surface area contributed by atoms with Gasteiger partial charge in [0.25, 0.3) is 0 Å². The van der Waals surface area contributed by atoms with Crippen LogP contribution in [0.3, 0.4) is 0 Å². The van der Waals surface area contributed by atoms with Crippen molar-refractivity contribution < 1.29 is 23.8 Å². The molecule has 1 aromatic rings. The number of aryl methyl sites for hydroxylation is 1. The highest BCUT2D eigenvalue weighted by Crippen LogP contribution is 2.28. The van der Waals surface area contributed by atoms with Crippen LogP contribution in [-0.4, -0.2) is 23.6 Å². The smallest absolute Gasteiger partial charge is 0.303 e. The first-order valence-corrected chi connectivity index (χ1v) is 8.78. The van der Waals surface area contributed by atoms with Crippen molar-refractivity contribution in [2.75, 3.05) is 6.61 Å². The van der Waals surface area contributed by atoms with Gasteiger partial charge in [-0.25, -0.2) is 4.39 Å². The standard InChI is InChI=1S/C18H25ClFNO4/c1-12(7-8-16(21)22)11-25-15-10-14(19)9-13(18(15)20)5-3-2-4-6-17(23)24/h9-10,12H,2-8,11H2,1H3,(H2,21,22)(H,23,24)/t12-/m0/s1. The van der Waals surface area contributed by atoms with Gasteiger partial charge in [-0.3, -0.25) is 9.59 Å². The van der Waals surface area contributed by atoms with Crippen molar-refractivity contribution in [1.82, 2.24) is 0 Å². The van der Waals surface area contributed by atoms with E-state index in [-0.39, 0.29) is 37.0 Å². The highest BCUT2D eigenvalue weighted by Gasteiger charge is 2.13. The van der Waals surface area contributed by atoms with Gasteiger partial charge in [-0.15, -0.1) is 0 Å². The number of unbranched alkanes of at least 4 members (excludes halogenated alkanes) is 2. The number of carbonyl (C=O) groups is 2. The fourth-order valence-electron chi connectivity index (χ4n) is 2.38. The molecule has 0 radical (unpaired) electrons. The van der Waals surface area contributed by atoms with E-state index in [1.165, 1.54) is 6.07 Å². The Morgan fingerprint density at radius 3 is 2.64 bits per heavy atom. The maximum absolute atomic E-state index is 14.5. The third-order valence-corrected chi connectivity index (χ3v) is 4.04. The van der Waals surface area contributed by atoms with E-state index in [0.717, 1.165) is 0 Å². The van der Waals surface area contributed by atoms with Crippen LogP contribution < -0.4 is 10.5 Å². The Labute approximate surface area is 152 Å². The average molecular weight is 374 g/mol. The number of primary amides is 1. The van der Waals surface area contributed by atoms with Crippen LogP contribution in [0.5, 0.6) is 5.75 Å². The minimum Gasteiger partial charge on any atom is -0.490 e. The maximum atomic E-state index is 14.5. The number of ether oxygens (including phenoxy) is 1. The van der Waals surface area contributed by atoms with Gasteiger partial charge in [0.15, 0.2) is 11.6 Å². The molecule has 0 fully saturated rings. The quantitative estimate of drug-likeness (QED) is 0.543. The summed E-state index contributed by atoms with van der Waals surface area (Å²) in [6.45, 7) is 2.16. The number of carboxylic acids is 1. The van der Waals surface area contributed by atoms with Gasteiger partial charge in [0, 0.05) is 23.9 Å². The first kappa shape index (κ1) is 21.2. The Kier molecular flexibility index (Phi) is 9.27. The second kappa shape index (κ2) is 10.9. The van der Waals surface area contributed by atoms with E-state index >= 15 is 0 Å². The molecular weight excluding hydrogens is 349 g/mol. The van der Waals surface area contributed by atoms with Gasteiger partial charge in [-0.05, 0) is 43.2 Å². The lowest BCUT2D eigenvalue weighted by Gasteiger charge is -2.15. The van der Waals surface area contributed by atoms with E-state index in [2.05, 4.69) is 0 Å². The molecule has 7 heteroatoms. The van der Waals surface area contributed by atoms with Crippen LogP contribution in [0.25, 0.3) is 0 Å². The van der Waals surface area contributed by atoms with E-state index in [4.69, 9.17) is 27.2 Å². The molecule has 0 aliphatic carbocycles. The monoisotopic (exact) mass is 373 g/mol. The van der Waals surface area contributed by atoms with Gasteiger partial charge in [-0.1, -0.05) is 24.9 Å². The normalized spacial score (nSPS) is 12.0. The molecule has 1 atom stereocenters. The van der Waals surface area contributed by atoms with E-state index < -0.39 is 11.8 Å². The zero-order valence-corrected chi connectivity index (χ0v) is 15.2. The Hall–Kier alpha value is -1.82. The summed E-state index contributed by atoms with van der Waals surface area (Å²) in [5.41, 5.74) is 5.57. The summed E-state index contributed by atoms with van der Waals surface area (Å²) in [5, 5.41) is 8.99. The van der Waals surface area contributed by atoms with Crippen molar-refractivity contribution in [3.05, 3.63) is 28.5 Å². The van der Waals surface area contributed by atoms with Crippen molar-refractivity contribution in [1.29, 1.82) is 0 Å². The molecule has 3 N–H and O–H groups in total. The minimum absolute atomic E-state index is 0.0605. The van der Waals surface area contributed by atoms with Gasteiger partial charge in [0.05, 0.1) is 6.61 Å². The molecule has 0 aliphatic rings. The molecule has 140 valence electrons. The molecule has 0 aromatic heterocycles. The Bertz CT molecular complexity index is 595. The molecule has 0 unspecified atom stereocenters. The summed E-state index contributed by atoms with van der Waals surface area (Å²) in [6, 6.07) is 3.00. The molecular formula is C18H25ClFNO4. The number of amides is 1. The highest BCUT2D eigenvalue weighted by atomic mass is 35.5. The molecule has 0 bridgehead atoms. The fourth-order valence-corrected chi connectivity index (χ4v) is 2.61. The molecule has 5 nitrogen and oxygen atoms in total. The summed E-state index contributed by atoms with van der Waals surface area (Å²) in [6.07, 6.45) is 3.39. The molecule has 0 spiro atoms. The van der Waals surface area contributed by atoms with Crippen molar-refractivity contribution in [2.45, 2.75) is 51.9 Å². The maximum Gasteiger partial charge on any atom is 0.303 e. The van der Waals surface area contributed by atoms with Crippen LogP contribution in [0, 0.1) is 11.7 Å². The largest absolute Gasteiger partial charge is 0.490 e. The number of nitrogens with two attached hydrogens (primary N) is 1. The minimum atomic E-state index is -0.824. The third kappa shape index (κ3) is 8.72. The zero-order chi connectivity index (χ0) is 18.8. The lowest BCUT2D eigenvalue weighted by Crippen LogP contribution is -2.15. The number of rotatable bonds is 12. The average Bonchev–Trinajstić information content (AvgIpc) is 2.53. The third-order valence-electron chi connectivity index (χ3n) is 3.82. The fraction of sp³-hybridized carbons (Fsp3) is 0.556. The number of hydrogen-bond acceptors (Lipinski definition) is 3. The van der Waals surface area contributed by atoms with E-state index in [9.17, 15) is 14.0 Å². The summed E-state index contributed by atoms with van der Waals surface area (Å²) in [5.74, 6) is -1.48. The molecule has 1 rings (SSSR count). The van der Waals surface area contributed by atoms with Crippen LogP contribution in [0.1, 0.15) is 51.0 Å². The lowest BCUT2D eigenvalue weighted by atomic mass is 10.0. The SMILES string of the molecule is C[C@@H](CCC(N)=O)COc1cc(Cl)cc(CCCCCC(=O)O)c1F. The highest BCUT2D eigenvalue weighted by molar-refractivity contribution is 6.30. The van der Waals surface area contributed by atoms with Crippen LogP contribution in [0.15, 0.2) is 12.1 Å². The van der Waals surface area contributed by atoms with Gasteiger partial charge in [0.1, 0.15) is 0 Å². The second-order valence-corrected chi connectivity index (χ2v) is 6.69. The van der Waals surface area contributed by atoms with Gasteiger partial charge in [0.2, 0.25) is 5.91 Å². The van der Waals surface area contributed by atoms with E-state index in [1.54, 1.807) is 6.07 Å². The summed E-state index contributed by atoms with van der Waals surface area (Å²) in [4.78, 5) is 21.2. The zero-order valence-electron chi connectivity index (χ0n) is 14.4. The predicted octanol–water partition coefficient (Wildman–Crippen LogP) is 3.95. The van der Waals surface area contributed by atoms with Gasteiger partial charge >= 0.3 is 5.97 Å². The van der Waals surface area contributed by atoms with Gasteiger partial charge < -0.3 is 15.6 Å². The molecule has 0 heterocycles. The number of hydrogen-bond donors (Lipinski definition) is 2. The molecule has 0 saturated heterocycles. The topological polar surface area (TPSA) is 89.6 Å². The van der Waals surface area contributed by atoms with Crippen molar-refractivity contribution >= 4 is 23.5 Å². The van der Waals surface area contributed by atoms with Crippen LogP contribution in [-0.2, 0) is 16.0 Å². The Morgan fingerprint density at radius 1 is 1.28 bits per heavy atom. The van der Waals surface area contributed by atoms with Crippen LogP contribution >= 0.6 is 11.6 Å².